The summed E-state index contributed by atoms with van der Waals surface area (Å²) in [6.07, 6.45) is -2.05. The average molecular weight is 639 g/mol. The topological polar surface area (TPSA) is 101 Å². The van der Waals surface area contributed by atoms with Crippen molar-refractivity contribution in [2.75, 3.05) is 16.0 Å². The largest absolute Gasteiger partial charge is 0.573 e. The molecule has 0 radical (unpaired) electrons. The van der Waals surface area contributed by atoms with Crippen LogP contribution in [0.4, 0.5) is 28.9 Å². The third-order valence-electron chi connectivity index (χ3n) is 6.63. The quantitative estimate of drug-likeness (QED) is 0.127. The molecular formula is C31H26F4N6O3S. The highest BCUT2D eigenvalue weighted by atomic mass is 32.2. The highest BCUT2D eigenvalue weighted by Crippen LogP contribution is 2.33. The number of nitrogens with one attached hydrogen (secondary N) is 1. The zero-order valence-electron chi connectivity index (χ0n) is 24.2. The maximum Gasteiger partial charge on any atom is 0.573 e. The van der Waals surface area contributed by atoms with E-state index in [1.165, 1.54) is 53.1 Å². The number of anilines is 2. The van der Waals surface area contributed by atoms with Crippen LogP contribution >= 0.6 is 11.8 Å². The Morgan fingerprint density at radius 2 is 1.82 bits per heavy atom. The van der Waals surface area contributed by atoms with Crippen LogP contribution in [0.1, 0.15) is 46.9 Å². The monoisotopic (exact) mass is 638 g/mol. The van der Waals surface area contributed by atoms with Crippen molar-refractivity contribution in [3.63, 3.8) is 0 Å². The fourth-order valence-corrected chi connectivity index (χ4v) is 5.31. The molecular weight excluding hydrogens is 612 g/mol. The number of para-hydroxylation sites is 1. The van der Waals surface area contributed by atoms with Crippen molar-refractivity contribution in [3.8, 4) is 11.4 Å². The summed E-state index contributed by atoms with van der Waals surface area (Å²) in [6.45, 7) is 5.70. The van der Waals surface area contributed by atoms with Gasteiger partial charge in [0.05, 0.1) is 35.2 Å². The highest BCUT2D eigenvalue weighted by Gasteiger charge is 2.32. The number of amidine groups is 1. The van der Waals surface area contributed by atoms with E-state index in [2.05, 4.69) is 25.4 Å². The molecule has 232 valence electrons. The Morgan fingerprint density at radius 3 is 2.51 bits per heavy atom. The number of hydrogen-bond acceptors (Lipinski definition) is 7. The van der Waals surface area contributed by atoms with Gasteiger partial charge in [-0.1, -0.05) is 49.9 Å². The SMILES string of the molecule is Cc1nn(-c2ccc(/C=N/N=C3\SCC(=O)N3c3ccccc3C(C)C)cc2F)cc1NC(=O)c1ccc(OC(F)(F)F)cc1. The maximum absolute atomic E-state index is 15.1. The molecule has 5 rings (SSSR count). The van der Waals surface area contributed by atoms with Crippen molar-refractivity contribution in [3.05, 3.63) is 101 Å². The van der Waals surface area contributed by atoms with E-state index < -0.39 is 23.8 Å². The van der Waals surface area contributed by atoms with E-state index in [0.717, 1.165) is 23.4 Å². The molecule has 45 heavy (non-hydrogen) atoms. The lowest BCUT2D eigenvalue weighted by Gasteiger charge is -2.20. The molecule has 0 atom stereocenters. The molecule has 1 aliphatic rings. The molecule has 14 heteroatoms. The number of benzene rings is 3. The molecule has 0 spiro atoms. The number of halogens is 4. The molecule has 1 aliphatic heterocycles. The first-order valence-electron chi connectivity index (χ1n) is 13.6. The summed E-state index contributed by atoms with van der Waals surface area (Å²) in [5.41, 5.74) is 3.03. The smallest absolute Gasteiger partial charge is 0.406 e. The van der Waals surface area contributed by atoms with Crippen LogP contribution in [0.25, 0.3) is 5.69 Å². The summed E-state index contributed by atoms with van der Waals surface area (Å²) in [4.78, 5) is 26.9. The van der Waals surface area contributed by atoms with Crippen molar-refractivity contribution < 1.29 is 31.9 Å². The van der Waals surface area contributed by atoms with Crippen molar-refractivity contribution >= 4 is 46.3 Å². The minimum atomic E-state index is -4.84. The molecule has 3 aromatic carbocycles. The molecule has 9 nitrogen and oxygen atoms in total. The van der Waals surface area contributed by atoms with Crippen LogP contribution in [0.5, 0.6) is 5.75 Å². The second kappa shape index (κ2) is 12.9. The first-order valence-corrected chi connectivity index (χ1v) is 14.6. The Kier molecular flexibility index (Phi) is 9.04. The third kappa shape index (κ3) is 7.40. The Morgan fingerprint density at radius 1 is 1.09 bits per heavy atom. The minimum absolute atomic E-state index is 0.0858. The standard InChI is InChI=1S/C31H26F4N6O3S/c1-18(2)23-6-4-5-7-26(23)41-28(42)17-45-30(41)38-36-15-20-8-13-27(24(32)14-20)40-16-25(19(3)39-40)37-29(43)21-9-11-22(12-10-21)44-31(33,34)35/h4-16,18H,17H2,1-3H3,(H,37,43)/b36-15+,38-30-. The van der Waals surface area contributed by atoms with Gasteiger partial charge in [-0.25, -0.2) is 9.07 Å². The number of aryl methyl sites for hydroxylation is 1. The van der Waals surface area contributed by atoms with Crippen molar-refractivity contribution in [2.45, 2.75) is 33.1 Å². The number of amides is 2. The van der Waals surface area contributed by atoms with E-state index in [-0.39, 0.29) is 34.5 Å². The summed E-state index contributed by atoms with van der Waals surface area (Å²) in [5, 5.41) is 15.7. The second-order valence-electron chi connectivity index (χ2n) is 10.2. The van der Waals surface area contributed by atoms with E-state index in [0.29, 0.717) is 16.4 Å². The van der Waals surface area contributed by atoms with Gasteiger partial charge in [0.15, 0.2) is 5.17 Å². The van der Waals surface area contributed by atoms with E-state index in [1.54, 1.807) is 17.9 Å². The molecule has 2 amide bonds. The molecule has 1 fully saturated rings. The molecule has 0 bridgehead atoms. The second-order valence-corrected chi connectivity index (χ2v) is 11.1. The predicted molar refractivity (Wildman–Crippen MR) is 165 cm³/mol. The van der Waals surface area contributed by atoms with Crippen LogP contribution in [0.3, 0.4) is 0 Å². The van der Waals surface area contributed by atoms with E-state index in [9.17, 15) is 22.8 Å². The Balaban J connectivity index is 1.28. The van der Waals surface area contributed by atoms with Crippen LogP contribution < -0.4 is 15.0 Å². The van der Waals surface area contributed by atoms with E-state index >= 15 is 4.39 Å². The number of carbonyl (C=O) groups is 2. The number of ether oxygens (including phenoxy) is 1. The summed E-state index contributed by atoms with van der Waals surface area (Å²) in [7, 11) is 0. The first kappa shape index (κ1) is 31.4. The van der Waals surface area contributed by atoms with Crippen molar-refractivity contribution in [2.24, 2.45) is 10.2 Å². The molecule has 1 N–H and O–H groups in total. The number of thioether (sulfide) groups is 1. The lowest BCUT2D eigenvalue weighted by atomic mass is 10.0. The van der Waals surface area contributed by atoms with E-state index in [1.807, 2.05) is 38.1 Å². The number of carbonyl (C=O) groups excluding carboxylic acids is 2. The molecule has 0 saturated carbocycles. The van der Waals surface area contributed by atoms with Gasteiger partial charge in [-0.2, -0.15) is 10.2 Å². The first-order chi connectivity index (χ1) is 21.4. The predicted octanol–water partition coefficient (Wildman–Crippen LogP) is 7.06. The summed E-state index contributed by atoms with van der Waals surface area (Å²) in [6, 6.07) is 16.4. The fraction of sp³-hybridized carbons (Fsp3) is 0.194. The molecule has 0 unspecified atom stereocenters. The minimum Gasteiger partial charge on any atom is -0.406 e. The molecule has 4 aromatic rings. The maximum atomic E-state index is 15.1. The summed E-state index contributed by atoms with van der Waals surface area (Å²) in [5.74, 6) is -1.35. The zero-order valence-corrected chi connectivity index (χ0v) is 25.0. The number of rotatable bonds is 8. The molecule has 1 aromatic heterocycles. The van der Waals surface area contributed by atoms with Gasteiger partial charge in [-0.05, 0) is 66.4 Å². The van der Waals surface area contributed by atoms with Crippen LogP contribution in [0.2, 0.25) is 0 Å². The van der Waals surface area contributed by atoms with Crippen LogP contribution in [-0.4, -0.2) is 45.1 Å². The molecule has 1 saturated heterocycles. The number of hydrogen-bond donors (Lipinski definition) is 1. The number of nitrogens with zero attached hydrogens (tertiary/aromatic N) is 5. The Labute approximate surface area is 259 Å². The van der Waals surface area contributed by atoms with Crippen molar-refractivity contribution in [1.82, 2.24) is 9.78 Å². The molecule has 2 heterocycles. The van der Waals surface area contributed by atoms with Gasteiger partial charge in [0.1, 0.15) is 17.3 Å². The van der Waals surface area contributed by atoms with Gasteiger partial charge in [-0.15, -0.1) is 18.3 Å². The van der Waals surface area contributed by atoms with Gasteiger partial charge in [0.25, 0.3) is 5.91 Å². The van der Waals surface area contributed by atoms with Crippen molar-refractivity contribution in [1.29, 1.82) is 0 Å². The third-order valence-corrected chi connectivity index (χ3v) is 7.54. The van der Waals surface area contributed by atoms with Crippen LogP contribution in [-0.2, 0) is 4.79 Å². The van der Waals surface area contributed by atoms with Crippen LogP contribution in [0, 0.1) is 12.7 Å². The lowest BCUT2D eigenvalue weighted by molar-refractivity contribution is -0.274. The normalized spacial score (nSPS) is 14.6. The van der Waals surface area contributed by atoms with Gasteiger partial charge in [0, 0.05) is 5.56 Å². The van der Waals surface area contributed by atoms with Gasteiger partial charge in [0.2, 0.25) is 5.91 Å². The average Bonchev–Trinajstić information content (AvgIpc) is 3.53. The van der Waals surface area contributed by atoms with Gasteiger partial charge < -0.3 is 10.1 Å². The number of aromatic nitrogens is 2. The van der Waals surface area contributed by atoms with Crippen LogP contribution in [0.15, 0.2) is 83.1 Å². The summed E-state index contributed by atoms with van der Waals surface area (Å²) < 4.78 is 57.4. The number of alkyl halides is 3. The highest BCUT2D eigenvalue weighted by molar-refractivity contribution is 8.15. The summed E-state index contributed by atoms with van der Waals surface area (Å²) >= 11 is 1.27. The Bertz CT molecular complexity index is 1800. The van der Waals surface area contributed by atoms with E-state index in [4.69, 9.17) is 0 Å². The van der Waals surface area contributed by atoms with Gasteiger partial charge in [-0.3, -0.25) is 14.5 Å². The Hall–Kier alpha value is -4.98. The molecule has 0 aliphatic carbocycles. The van der Waals surface area contributed by atoms with Gasteiger partial charge >= 0.3 is 6.36 Å². The fourth-order valence-electron chi connectivity index (χ4n) is 4.50. The zero-order chi connectivity index (χ0) is 32.3. The lowest BCUT2D eigenvalue weighted by Crippen LogP contribution is -2.30.